The molecule has 26 heavy (non-hydrogen) atoms. The molecule has 1 heterocycles. The third kappa shape index (κ3) is 3.67. The van der Waals surface area contributed by atoms with E-state index in [0.717, 1.165) is 33.0 Å². The molecule has 0 atom stereocenters. The number of aromatic nitrogens is 2. The van der Waals surface area contributed by atoms with Crippen LogP contribution in [0.5, 0.6) is 0 Å². The Balaban J connectivity index is 1.77. The van der Waals surface area contributed by atoms with Crippen molar-refractivity contribution in [2.24, 2.45) is 0 Å². The number of hydrogen-bond donors (Lipinski definition) is 0. The molecule has 0 unspecified atom stereocenters. The second kappa shape index (κ2) is 7.36. The fourth-order valence-corrected chi connectivity index (χ4v) is 3.21. The Morgan fingerprint density at radius 3 is 2.31 bits per heavy atom. The maximum Gasteiger partial charge on any atom is 0.134 e. The van der Waals surface area contributed by atoms with E-state index >= 15 is 0 Å². The van der Waals surface area contributed by atoms with Crippen molar-refractivity contribution >= 4 is 46.4 Å². The number of imidazole rings is 1. The first-order valence-corrected chi connectivity index (χ1v) is 9.08. The van der Waals surface area contributed by atoms with E-state index in [1.165, 1.54) is 0 Å². The fraction of sp³-hybridized carbons (Fsp3) is 0.0455. The maximum atomic E-state index is 6.15. The van der Waals surface area contributed by atoms with Gasteiger partial charge in [-0.2, -0.15) is 0 Å². The van der Waals surface area contributed by atoms with Crippen LogP contribution in [0, 0.1) is 0 Å². The molecule has 4 heteroatoms. The summed E-state index contributed by atoms with van der Waals surface area (Å²) in [6.45, 7) is 0.712. The van der Waals surface area contributed by atoms with Crippen molar-refractivity contribution in [3.63, 3.8) is 0 Å². The zero-order valence-corrected chi connectivity index (χ0v) is 15.5. The Bertz CT molecular complexity index is 1060. The number of benzene rings is 3. The van der Waals surface area contributed by atoms with E-state index in [2.05, 4.69) is 22.8 Å². The van der Waals surface area contributed by atoms with Gasteiger partial charge >= 0.3 is 0 Å². The lowest BCUT2D eigenvalue weighted by molar-refractivity contribution is 0.814. The van der Waals surface area contributed by atoms with Crippen LogP contribution < -0.4 is 0 Å². The van der Waals surface area contributed by atoms with Gasteiger partial charge in [-0.1, -0.05) is 71.7 Å². The first kappa shape index (κ1) is 16.9. The van der Waals surface area contributed by atoms with Crippen molar-refractivity contribution in [3.05, 3.63) is 99.8 Å². The summed E-state index contributed by atoms with van der Waals surface area (Å²) < 4.78 is 2.19. The van der Waals surface area contributed by atoms with Crippen LogP contribution in [0.4, 0.5) is 0 Å². The van der Waals surface area contributed by atoms with Gasteiger partial charge in [-0.05, 0) is 47.5 Å². The van der Waals surface area contributed by atoms with Gasteiger partial charge in [-0.15, -0.1) is 0 Å². The lowest BCUT2D eigenvalue weighted by Gasteiger charge is -2.08. The third-order valence-electron chi connectivity index (χ3n) is 4.22. The predicted octanol–water partition coefficient (Wildman–Crippen LogP) is 6.56. The molecule has 0 aliphatic heterocycles. The van der Waals surface area contributed by atoms with E-state index < -0.39 is 0 Å². The highest BCUT2D eigenvalue weighted by Gasteiger charge is 2.10. The molecular weight excluding hydrogens is 363 g/mol. The normalized spacial score (nSPS) is 11.5. The van der Waals surface area contributed by atoms with Crippen LogP contribution in [0.3, 0.4) is 0 Å². The van der Waals surface area contributed by atoms with Crippen LogP contribution >= 0.6 is 23.2 Å². The summed E-state index contributed by atoms with van der Waals surface area (Å²) in [5, 5.41) is 1.42. The molecule has 0 fully saturated rings. The Kier molecular flexibility index (Phi) is 4.79. The second-order valence-electron chi connectivity index (χ2n) is 6.06. The second-order valence-corrected chi connectivity index (χ2v) is 6.93. The monoisotopic (exact) mass is 378 g/mol. The fourth-order valence-electron chi connectivity index (χ4n) is 2.92. The van der Waals surface area contributed by atoms with E-state index in [9.17, 15) is 0 Å². The highest BCUT2D eigenvalue weighted by atomic mass is 35.5. The summed E-state index contributed by atoms with van der Waals surface area (Å²) in [6.07, 6.45) is 4.11. The molecule has 4 rings (SSSR count). The Morgan fingerprint density at radius 1 is 0.808 bits per heavy atom. The Hall–Kier alpha value is -2.55. The topological polar surface area (TPSA) is 17.8 Å². The van der Waals surface area contributed by atoms with Gasteiger partial charge in [-0.25, -0.2) is 4.98 Å². The summed E-state index contributed by atoms with van der Waals surface area (Å²) in [5.74, 6) is 0.890. The zero-order chi connectivity index (χ0) is 17.9. The van der Waals surface area contributed by atoms with Crippen LogP contribution in [-0.4, -0.2) is 9.55 Å². The van der Waals surface area contributed by atoms with E-state index in [0.29, 0.717) is 11.6 Å². The average Bonchev–Trinajstić information content (AvgIpc) is 2.99. The van der Waals surface area contributed by atoms with Gasteiger partial charge in [0.1, 0.15) is 5.82 Å². The first-order chi connectivity index (χ1) is 12.7. The van der Waals surface area contributed by atoms with E-state index in [1.54, 1.807) is 0 Å². The van der Waals surface area contributed by atoms with Gasteiger partial charge < -0.3 is 4.57 Å². The number of fused-ring (bicyclic) bond motifs is 1. The van der Waals surface area contributed by atoms with Gasteiger partial charge in [0, 0.05) is 16.6 Å². The molecular formula is C22H16Cl2N2. The van der Waals surface area contributed by atoms with E-state index in [1.807, 2.05) is 66.7 Å². The lowest BCUT2D eigenvalue weighted by Crippen LogP contribution is -2.02. The third-order valence-corrected chi connectivity index (χ3v) is 4.71. The van der Waals surface area contributed by atoms with Crippen LogP contribution in [0.1, 0.15) is 17.0 Å². The largest absolute Gasteiger partial charge is 0.320 e. The first-order valence-electron chi connectivity index (χ1n) is 8.32. The van der Waals surface area contributed by atoms with Crippen molar-refractivity contribution in [2.75, 3.05) is 0 Å². The highest BCUT2D eigenvalue weighted by molar-refractivity contribution is 6.31. The summed E-state index contributed by atoms with van der Waals surface area (Å²) in [6, 6.07) is 23.9. The van der Waals surface area contributed by atoms with Crippen LogP contribution in [0.15, 0.2) is 72.8 Å². The standard InChI is InChI=1S/C22H16Cl2N2/c23-18-9-6-17(7-10-18)15-26-21-12-11-19(24)14-20(21)25-22(26)13-8-16-4-2-1-3-5-16/h1-14H,15H2/b13-8+. The van der Waals surface area contributed by atoms with Crippen molar-refractivity contribution in [3.8, 4) is 0 Å². The molecule has 4 aromatic rings. The number of hydrogen-bond acceptors (Lipinski definition) is 1. The minimum atomic E-state index is 0.687. The molecule has 0 spiro atoms. The lowest BCUT2D eigenvalue weighted by atomic mass is 10.2. The van der Waals surface area contributed by atoms with Gasteiger partial charge in [-0.3, -0.25) is 0 Å². The summed E-state index contributed by atoms with van der Waals surface area (Å²) in [4.78, 5) is 4.77. The average molecular weight is 379 g/mol. The maximum absolute atomic E-state index is 6.15. The SMILES string of the molecule is Clc1ccc(Cn2c(/C=C/c3ccccc3)nc3cc(Cl)ccc32)cc1. The summed E-state index contributed by atoms with van der Waals surface area (Å²) >= 11 is 12.2. The molecule has 1 aromatic heterocycles. The smallest absolute Gasteiger partial charge is 0.134 e. The highest BCUT2D eigenvalue weighted by Crippen LogP contribution is 2.23. The van der Waals surface area contributed by atoms with Crippen molar-refractivity contribution in [1.82, 2.24) is 9.55 Å². The summed E-state index contributed by atoms with van der Waals surface area (Å²) in [7, 11) is 0. The van der Waals surface area contributed by atoms with Gasteiger partial charge in [0.15, 0.2) is 0 Å². The molecule has 0 N–H and O–H groups in total. The van der Waals surface area contributed by atoms with Crippen molar-refractivity contribution in [1.29, 1.82) is 0 Å². The zero-order valence-electron chi connectivity index (χ0n) is 13.9. The Morgan fingerprint density at radius 2 is 1.54 bits per heavy atom. The Labute approximate surface area is 162 Å². The molecule has 0 saturated carbocycles. The molecule has 3 aromatic carbocycles. The molecule has 0 aliphatic carbocycles. The van der Waals surface area contributed by atoms with Gasteiger partial charge in [0.2, 0.25) is 0 Å². The molecule has 0 aliphatic rings. The van der Waals surface area contributed by atoms with Gasteiger partial charge in [0.05, 0.1) is 11.0 Å². The molecule has 0 saturated heterocycles. The van der Waals surface area contributed by atoms with Crippen molar-refractivity contribution < 1.29 is 0 Å². The van der Waals surface area contributed by atoms with E-state index in [-0.39, 0.29) is 0 Å². The molecule has 128 valence electrons. The molecule has 2 nitrogen and oxygen atoms in total. The predicted molar refractivity (Wildman–Crippen MR) is 111 cm³/mol. The number of nitrogens with zero attached hydrogens (tertiary/aromatic N) is 2. The quantitative estimate of drug-likeness (QED) is 0.393. The minimum Gasteiger partial charge on any atom is -0.320 e. The van der Waals surface area contributed by atoms with Crippen LogP contribution in [-0.2, 0) is 6.54 Å². The summed E-state index contributed by atoms with van der Waals surface area (Å²) in [5.41, 5.74) is 4.24. The molecule has 0 radical (unpaired) electrons. The number of rotatable bonds is 4. The van der Waals surface area contributed by atoms with Crippen LogP contribution in [0.2, 0.25) is 10.0 Å². The minimum absolute atomic E-state index is 0.687. The van der Waals surface area contributed by atoms with Crippen molar-refractivity contribution in [2.45, 2.75) is 6.54 Å². The molecule has 0 amide bonds. The van der Waals surface area contributed by atoms with Crippen LogP contribution in [0.25, 0.3) is 23.2 Å². The van der Waals surface area contributed by atoms with Gasteiger partial charge in [0.25, 0.3) is 0 Å². The number of halogens is 2. The molecule has 0 bridgehead atoms. The van der Waals surface area contributed by atoms with E-state index in [4.69, 9.17) is 28.2 Å².